The minimum Gasteiger partial charge on any atom is -0.490 e. The molecule has 0 aromatic heterocycles. The van der Waals surface area contributed by atoms with Crippen LogP contribution in [0.3, 0.4) is 0 Å². The van der Waals surface area contributed by atoms with Gasteiger partial charge in [-0.1, -0.05) is 30.3 Å². The molecule has 2 aliphatic rings. The van der Waals surface area contributed by atoms with Gasteiger partial charge in [-0.05, 0) is 55.5 Å². The van der Waals surface area contributed by atoms with Crippen molar-refractivity contribution in [3.8, 4) is 5.75 Å². The molecule has 0 saturated carbocycles. The van der Waals surface area contributed by atoms with Gasteiger partial charge in [0.05, 0.1) is 0 Å². The molecule has 4 rings (SSSR count). The fraction of sp³-hybridized carbons (Fsp3) is 0.435. The normalized spacial score (nSPS) is 18.1. The molecule has 2 saturated heterocycles. The van der Waals surface area contributed by atoms with Crippen LogP contribution >= 0.6 is 0 Å². The summed E-state index contributed by atoms with van der Waals surface area (Å²) in [4.78, 5) is 16.6. The molecule has 2 aromatic carbocycles. The highest BCUT2D eigenvalue weighted by molar-refractivity contribution is 5.94. The lowest BCUT2D eigenvalue weighted by molar-refractivity contribution is 0.0651. The maximum Gasteiger partial charge on any atom is 0.253 e. The van der Waals surface area contributed by atoms with Crippen molar-refractivity contribution in [3.05, 3.63) is 65.7 Å². The summed E-state index contributed by atoms with van der Waals surface area (Å²) in [5.74, 6) is 1.01. The zero-order valence-electron chi connectivity index (χ0n) is 15.8. The first-order valence-corrected chi connectivity index (χ1v) is 10.1. The van der Waals surface area contributed by atoms with E-state index in [1.807, 2.05) is 29.2 Å². The van der Waals surface area contributed by atoms with Gasteiger partial charge < -0.3 is 14.5 Å². The summed E-state index contributed by atoms with van der Waals surface area (Å²) in [5, 5.41) is 0. The largest absolute Gasteiger partial charge is 0.490 e. The third-order valence-corrected chi connectivity index (χ3v) is 5.64. The predicted octanol–water partition coefficient (Wildman–Crippen LogP) is 3.62. The number of nitrogens with zero attached hydrogens (tertiary/aromatic N) is 2. The van der Waals surface area contributed by atoms with E-state index in [0.29, 0.717) is 0 Å². The Hall–Kier alpha value is -2.33. The van der Waals surface area contributed by atoms with E-state index in [1.54, 1.807) is 0 Å². The minimum atomic E-state index is 0.138. The SMILES string of the molecule is O=C(c1ccc(OC2CCN(CCc3ccccc3)CC2)cc1)N1CCC1. The zero-order valence-corrected chi connectivity index (χ0v) is 15.8. The van der Waals surface area contributed by atoms with Gasteiger partial charge in [-0.3, -0.25) is 4.79 Å². The summed E-state index contributed by atoms with van der Waals surface area (Å²) in [7, 11) is 0. The summed E-state index contributed by atoms with van der Waals surface area (Å²) in [6, 6.07) is 18.4. The third kappa shape index (κ3) is 4.69. The minimum absolute atomic E-state index is 0.138. The van der Waals surface area contributed by atoms with E-state index in [4.69, 9.17) is 4.74 Å². The summed E-state index contributed by atoms with van der Waals surface area (Å²) in [5.41, 5.74) is 2.17. The van der Waals surface area contributed by atoms with Crippen molar-refractivity contribution in [2.75, 3.05) is 32.7 Å². The van der Waals surface area contributed by atoms with Gasteiger partial charge in [0.2, 0.25) is 0 Å². The van der Waals surface area contributed by atoms with Crippen LogP contribution in [0.2, 0.25) is 0 Å². The second-order valence-corrected chi connectivity index (χ2v) is 7.56. The van der Waals surface area contributed by atoms with Gasteiger partial charge >= 0.3 is 0 Å². The number of rotatable bonds is 6. The number of amides is 1. The van der Waals surface area contributed by atoms with E-state index >= 15 is 0 Å². The molecule has 142 valence electrons. The van der Waals surface area contributed by atoms with Crippen LogP contribution in [-0.4, -0.2) is 54.5 Å². The Bertz CT molecular complexity index is 733. The Morgan fingerprint density at radius 2 is 1.63 bits per heavy atom. The highest BCUT2D eigenvalue weighted by atomic mass is 16.5. The average molecular weight is 364 g/mol. The molecule has 1 amide bonds. The predicted molar refractivity (Wildman–Crippen MR) is 107 cm³/mol. The van der Waals surface area contributed by atoms with E-state index in [1.165, 1.54) is 5.56 Å². The molecule has 0 N–H and O–H groups in total. The maximum absolute atomic E-state index is 12.2. The molecular formula is C23H28N2O2. The molecule has 27 heavy (non-hydrogen) atoms. The van der Waals surface area contributed by atoms with Crippen molar-refractivity contribution in [3.63, 3.8) is 0 Å². The highest BCUT2D eigenvalue weighted by Crippen LogP contribution is 2.21. The molecule has 0 unspecified atom stereocenters. The van der Waals surface area contributed by atoms with E-state index in [0.717, 1.165) is 69.7 Å². The third-order valence-electron chi connectivity index (χ3n) is 5.64. The monoisotopic (exact) mass is 364 g/mol. The van der Waals surface area contributed by atoms with Gasteiger partial charge in [0.25, 0.3) is 5.91 Å². The molecule has 0 atom stereocenters. The topological polar surface area (TPSA) is 32.8 Å². The Morgan fingerprint density at radius 3 is 2.26 bits per heavy atom. The van der Waals surface area contributed by atoms with Crippen LogP contribution < -0.4 is 4.74 Å². The number of benzene rings is 2. The first-order chi connectivity index (χ1) is 13.3. The molecule has 2 aliphatic heterocycles. The molecule has 0 bridgehead atoms. The van der Waals surface area contributed by atoms with Crippen LogP contribution in [0.4, 0.5) is 0 Å². The van der Waals surface area contributed by atoms with Crippen molar-refractivity contribution >= 4 is 5.91 Å². The quantitative estimate of drug-likeness (QED) is 0.785. The van der Waals surface area contributed by atoms with Gasteiger partial charge in [0.15, 0.2) is 0 Å². The van der Waals surface area contributed by atoms with Crippen LogP contribution in [0.5, 0.6) is 5.75 Å². The average Bonchev–Trinajstić information content (AvgIpc) is 2.67. The van der Waals surface area contributed by atoms with Crippen molar-refractivity contribution in [2.45, 2.75) is 31.8 Å². The Kier molecular flexibility index (Phi) is 5.73. The molecule has 0 radical (unpaired) electrons. The van der Waals surface area contributed by atoms with Crippen molar-refractivity contribution in [1.82, 2.24) is 9.80 Å². The molecule has 2 fully saturated rings. The molecule has 4 nitrogen and oxygen atoms in total. The van der Waals surface area contributed by atoms with Crippen LogP contribution in [0.15, 0.2) is 54.6 Å². The van der Waals surface area contributed by atoms with Crippen LogP contribution in [0.1, 0.15) is 35.2 Å². The second-order valence-electron chi connectivity index (χ2n) is 7.56. The van der Waals surface area contributed by atoms with Crippen LogP contribution in [0, 0.1) is 0 Å². The van der Waals surface area contributed by atoms with Crippen LogP contribution in [-0.2, 0) is 6.42 Å². The highest BCUT2D eigenvalue weighted by Gasteiger charge is 2.22. The summed E-state index contributed by atoms with van der Waals surface area (Å²) >= 11 is 0. The van der Waals surface area contributed by atoms with E-state index < -0.39 is 0 Å². The van der Waals surface area contributed by atoms with Crippen LogP contribution in [0.25, 0.3) is 0 Å². The molecule has 2 heterocycles. The lowest BCUT2D eigenvalue weighted by Gasteiger charge is -2.32. The van der Waals surface area contributed by atoms with Crippen molar-refractivity contribution in [1.29, 1.82) is 0 Å². The summed E-state index contributed by atoms with van der Waals surface area (Å²) in [6.07, 6.45) is 4.62. The molecule has 0 spiro atoms. The smallest absolute Gasteiger partial charge is 0.253 e. The number of likely N-dealkylation sites (tertiary alicyclic amines) is 2. The zero-order chi connectivity index (χ0) is 18.5. The Morgan fingerprint density at radius 1 is 0.926 bits per heavy atom. The van der Waals surface area contributed by atoms with E-state index in [9.17, 15) is 4.79 Å². The standard InChI is InChI=1S/C23H28N2O2/c26-23(25-14-4-15-25)20-7-9-21(10-8-20)27-22-12-17-24(18-13-22)16-11-19-5-2-1-3-6-19/h1-3,5-10,22H,4,11-18H2. The second kappa shape index (κ2) is 8.57. The number of hydrogen-bond acceptors (Lipinski definition) is 3. The first kappa shape index (κ1) is 18.1. The maximum atomic E-state index is 12.2. The number of ether oxygens (including phenoxy) is 1. The number of piperidine rings is 1. The Balaban J connectivity index is 1.21. The van der Waals surface area contributed by atoms with Crippen molar-refractivity contribution in [2.24, 2.45) is 0 Å². The lowest BCUT2D eigenvalue weighted by Crippen LogP contribution is -2.42. The van der Waals surface area contributed by atoms with Crippen molar-refractivity contribution < 1.29 is 9.53 Å². The van der Waals surface area contributed by atoms with Gasteiger partial charge in [0.1, 0.15) is 11.9 Å². The number of hydrogen-bond donors (Lipinski definition) is 0. The summed E-state index contributed by atoms with van der Waals surface area (Å²) in [6.45, 7) is 5.07. The fourth-order valence-corrected chi connectivity index (χ4v) is 3.75. The fourth-order valence-electron chi connectivity index (χ4n) is 3.75. The summed E-state index contributed by atoms with van der Waals surface area (Å²) < 4.78 is 6.15. The molecule has 0 aliphatic carbocycles. The number of carbonyl (C=O) groups is 1. The Labute approximate surface area is 161 Å². The van der Waals surface area contributed by atoms with Gasteiger partial charge in [-0.25, -0.2) is 0 Å². The molecular weight excluding hydrogens is 336 g/mol. The molecule has 2 aromatic rings. The molecule has 4 heteroatoms. The van der Waals surface area contributed by atoms with Gasteiger partial charge in [0, 0.05) is 38.3 Å². The van der Waals surface area contributed by atoms with Gasteiger partial charge in [-0.2, -0.15) is 0 Å². The lowest BCUT2D eigenvalue weighted by atomic mass is 10.1. The first-order valence-electron chi connectivity index (χ1n) is 10.1. The van der Waals surface area contributed by atoms with Gasteiger partial charge in [-0.15, -0.1) is 0 Å². The van der Waals surface area contributed by atoms with E-state index in [2.05, 4.69) is 35.2 Å². The van der Waals surface area contributed by atoms with E-state index in [-0.39, 0.29) is 12.0 Å². The number of carbonyl (C=O) groups excluding carboxylic acids is 1.